The summed E-state index contributed by atoms with van der Waals surface area (Å²) < 4.78 is 20.1. The lowest BCUT2D eigenvalue weighted by molar-refractivity contribution is -0.136. The summed E-state index contributed by atoms with van der Waals surface area (Å²) in [5.74, 6) is -0.348. The third-order valence-corrected chi connectivity index (χ3v) is 5.62. The van der Waals surface area contributed by atoms with Crippen LogP contribution in [0.3, 0.4) is 0 Å². The summed E-state index contributed by atoms with van der Waals surface area (Å²) in [6, 6.07) is 20.0. The maximum atomic E-state index is 13.0. The minimum Gasteiger partial charge on any atom is -0.445 e. The van der Waals surface area contributed by atoms with E-state index in [-0.39, 0.29) is 13.0 Å². The number of aromatic nitrogens is 1. The van der Waals surface area contributed by atoms with E-state index < -0.39 is 24.1 Å². The highest BCUT2D eigenvalue weighted by molar-refractivity contribution is 7.04. The molecule has 1 amide bonds. The molecule has 4 rings (SSSR count). The van der Waals surface area contributed by atoms with Crippen LogP contribution < -0.4 is 14.8 Å². The molecule has 178 valence electrons. The average molecular weight is 491 g/mol. The molecule has 0 unspecified atom stereocenters. The first kappa shape index (κ1) is 23.9. The van der Waals surface area contributed by atoms with Gasteiger partial charge in [-0.25, -0.2) is 9.59 Å². The highest BCUT2D eigenvalue weighted by atomic mass is 32.1. The molecule has 0 aliphatic heterocycles. The third kappa shape index (κ3) is 6.87. The maximum absolute atomic E-state index is 13.0. The van der Waals surface area contributed by atoms with E-state index >= 15 is 0 Å². The van der Waals surface area contributed by atoms with Gasteiger partial charge in [0, 0.05) is 24.1 Å². The normalized spacial score (nSPS) is 11.5. The first-order valence-electron chi connectivity index (χ1n) is 10.8. The van der Waals surface area contributed by atoms with Gasteiger partial charge in [0.05, 0.1) is 5.52 Å². The summed E-state index contributed by atoms with van der Waals surface area (Å²) in [6.45, 7) is 1.38. The maximum Gasteiger partial charge on any atom is 0.408 e. The van der Waals surface area contributed by atoms with E-state index in [1.54, 1.807) is 42.5 Å². The Labute approximate surface area is 205 Å². The molecule has 35 heavy (non-hydrogen) atoms. The van der Waals surface area contributed by atoms with Crippen molar-refractivity contribution in [3.05, 3.63) is 89.3 Å². The molecule has 0 aliphatic rings. The zero-order valence-corrected chi connectivity index (χ0v) is 19.6. The number of alkyl carbamates (subject to hydrolysis) is 1. The monoisotopic (exact) mass is 490 g/mol. The summed E-state index contributed by atoms with van der Waals surface area (Å²) in [5, 5.41) is 5.31. The Morgan fingerprint density at radius 1 is 0.914 bits per heavy atom. The van der Waals surface area contributed by atoms with Crippen LogP contribution >= 0.6 is 11.5 Å². The first-order valence-corrected chi connectivity index (χ1v) is 11.6. The van der Waals surface area contributed by atoms with Crippen molar-refractivity contribution in [2.24, 2.45) is 0 Å². The Balaban J connectivity index is 1.46. The molecule has 1 N–H and O–H groups in total. The molecule has 1 atom stereocenters. The average Bonchev–Trinajstić information content (AvgIpc) is 3.32. The minimum absolute atomic E-state index is 0.0628. The van der Waals surface area contributed by atoms with Crippen LogP contribution in [-0.4, -0.2) is 28.4 Å². The molecule has 0 fully saturated rings. The van der Waals surface area contributed by atoms with E-state index in [0.29, 0.717) is 11.5 Å². The van der Waals surface area contributed by atoms with Crippen molar-refractivity contribution in [3.63, 3.8) is 0 Å². The van der Waals surface area contributed by atoms with Gasteiger partial charge in [0.1, 0.15) is 24.1 Å². The number of hydrogen-bond acceptors (Lipinski definition) is 8. The molecule has 0 saturated heterocycles. The molecular formula is C26H22N2O6S. The summed E-state index contributed by atoms with van der Waals surface area (Å²) in [7, 11) is 0. The third-order valence-electron chi connectivity index (χ3n) is 4.96. The van der Waals surface area contributed by atoms with Gasteiger partial charge in [-0.2, -0.15) is 4.37 Å². The fourth-order valence-corrected chi connectivity index (χ4v) is 3.93. The molecule has 0 radical (unpaired) electrons. The van der Waals surface area contributed by atoms with Crippen molar-refractivity contribution in [3.8, 4) is 11.5 Å². The molecule has 9 heteroatoms. The quantitative estimate of drug-likeness (QED) is 0.283. The van der Waals surface area contributed by atoms with Crippen LogP contribution in [0.25, 0.3) is 10.9 Å². The van der Waals surface area contributed by atoms with Gasteiger partial charge in [-0.3, -0.25) is 4.79 Å². The van der Waals surface area contributed by atoms with E-state index in [4.69, 9.17) is 14.2 Å². The van der Waals surface area contributed by atoms with Crippen molar-refractivity contribution in [1.82, 2.24) is 9.69 Å². The predicted molar refractivity (Wildman–Crippen MR) is 130 cm³/mol. The molecule has 0 aliphatic carbocycles. The zero-order valence-electron chi connectivity index (χ0n) is 18.8. The number of benzene rings is 3. The van der Waals surface area contributed by atoms with Crippen LogP contribution in [0.5, 0.6) is 11.5 Å². The van der Waals surface area contributed by atoms with Crippen LogP contribution in [-0.2, 0) is 27.4 Å². The second-order valence-corrected chi connectivity index (χ2v) is 8.29. The van der Waals surface area contributed by atoms with Gasteiger partial charge in [-0.15, -0.1) is 0 Å². The van der Waals surface area contributed by atoms with E-state index in [0.717, 1.165) is 22.0 Å². The number of carbonyl (C=O) groups excluding carboxylic acids is 3. The van der Waals surface area contributed by atoms with Crippen molar-refractivity contribution in [2.45, 2.75) is 26.0 Å². The second kappa shape index (κ2) is 11.3. The molecule has 1 aromatic heterocycles. The van der Waals surface area contributed by atoms with E-state index in [1.165, 1.54) is 18.5 Å². The highest BCUT2D eigenvalue weighted by Gasteiger charge is 2.24. The van der Waals surface area contributed by atoms with Gasteiger partial charge < -0.3 is 19.5 Å². The summed E-state index contributed by atoms with van der Waals surface area (Å²) >= 11 is 1.31. The Kier molecular flexibility index (Phi) is 7.69. The standard InChI is InChI=1S/C26H22N2O6S/c1-17(29)33-21-9-7-18(8-10-21)13-24(27-26(31)32-15-19-5-3-2-4-6-19)25(30)34-22-11-12-23-20(14-22)16-35-28-23/h2-12,14,16,24H,13,15H2,1H3,(H,27,31)/t24-/m0/s1. The Hall–Kier alpha value is -4.24. The fourth-order valence-electron chi connectivity index (χ4n) is 3.30. The predicted octanol–water partition coefficient (Wildman–Crippen LogP) is 4.66. The second-order valence-electron chi connectivity index (χ2n) is 7.66. The van der Waals surface area contributed by atoms with Gasteiger partial charge in [-0.05, 0) is 53.0 Å². The number of fused-ring (bicyclic) bond motifs is 1. The minimum atomic E-state index is -1.02. The molecule has 0 saturated carbocycles. The van der Waals surface area contributed by atoms with E-state index in [9.17, 15) is 14.4 Å². The van der Waals surface area contributed by atoms with Gasteiger partial charge in [0.15, 0.2) is 0 Å². The van der Waals surface area contributed by atoms with Gasteiger partial charge >= 0.3 is 18.0 Å². The molecule has 0 bridgehead atoms. The van der Waals surface area contributed by atoms with Crippen molar-refractivity contribution >= 4 is 40.5 Å². The Bertz CT molecular complexity index is 1320. The van der Waals surface area contributed by atoms with E-state index in [1.807, 2.05) is 35.7 Å². The number of ether oxygens (including phenoxy) is 3. The molecule has 1 heterocycles. The smallest absolute Gasteiger partial charge is 0.408 e. The summed E-state index contributed by atoms with van der Waals surface area (Å²) in [5.41, 5.74) is 2.35. The largest absolute Gasteiger partial charge is 0.445 e. The van der Waals surface area contributed by atoms with E-state index in [2.05, 4.69) is 9.69 Å². The number of nitrogens with one attached hydrogen (secondary N) is 1. The number of nitrogens with zero attached hydrogens (tertiary/aromatic N) is 1. The molecule has 0 spiro atoms. The van der Waals surface area contributed by atoms with Crippen LogP contribution in [0.1, 0.15) is 18.1 Å². The van der Waals surface area contributed by atoms with Gasteiger partial charge in [0.2, 0.25) is 0 Å². The SMILES string of the molecule is CC(=O)Oc1ccc(C[C@H](NC(=O)OCc2ccccc2)C(=O)Oc2ccc3nscc3c2)cc1. The van der Waals surface area contributed by atoms with Crippen molar-refractivity contribution < 1.29 is 28.6 Å². The number of hydrogen-bond donors (Lipinski definition) is 1. The molecule has 4 aromatic rings. The van der Waals surface area contributed by atoms with Crippen molar-refractivity contribution in [2.75, 3.05) is 0 Å². The van der Waals surface area contributed by atoms with Crippen LogP contribution in [0.15, 0.2) is 78.2 Å². The molecule has 8 nitrogen and oxygen atoms in total. The lowest BCUT2D eigenvalue weighted by Gasteiger charge is -2.18. The summed E-state index contributed by atoms with van der Waals surface area (Å²) in [4.78, 5) is 36.7. The summed E-state index contributed by atoms with van der Waals surface area (Å²) in [6.07, 6.45) is -0.605. The van der Waals surface area contributed by atoms with Gasteiger partial charge in [0.25, 0.3) is 0 Å². The zero-order chi connectivity index (χ0) is 24.6. The number of esters is 2. The lowest BCUT2D eigenvalue weighted by atomic mass is 10.1. The fraction of sp³-hybridized carbons (Fsp3) is 0.154. The highest BCUT2D eigenvalue weighted by Crippen LogP contribution is 2.22. The van der Waals surface area contributed by atoms with Crippen LogP contribution in [0.4, 0.5) is 4.79 Å². The molecule has 3 aromatic carbocycles. The Morgan fingerprint density at radius 2 is 1.66 bits per heavy atom. The lowest BCUT2D eigenvalue weighted by Crippen LogP contribution is -2.44. The first-order chi connectivity index (χ1) is 17.0. The van der Waals surface area contributed by atoms with Gasteiger partial charge in [-0.1, -0.05) is 42.5 Å². The number of amides is 1. The number of carbonyl (C=O) groups is 3. The van der Waals surface area contributed by atoms with Crippen LogP contribution in [0, 0.1) is 0 Å². The van der Waals surface area contributed by atoms with Crippen molar-refractivity contribution in [1.29, 1.82) is 0 Å². The topological polar surface area (TPSA) is 104 Å². The van der Waals surface area contributed by atoms with Crippen LogP contribution in [0.2, 0.25) is 0 Å². The Morgan fingerprint density at radius 3 is 2.40 bits per heavy atom. The number of rotatable bonds is 8. The molecular weight excluding hydrogens is 468 g/mol.